The van der Waals surface area contributed by atoms with Crippen LogP contribution in [0.5, 0.6) is 11.5 Å². The predicted molar refractivity (Wildman–Crippen MR) is 115 cm³/mol. The van der Waals surface area contributed by atoms with Gasteiger partial charge in [-0.2, -0.15) is 9.29 Å². The van der Waals surface area contributed by atoms with E-state index in [4.69, 9.17) is 25.6 Å². The highest BCUT2D eigenvalue weighted by atomic mass is 35.5. The fraction of sp³-hybridized carbons (Fsp3) is 0.333. The van der Waals surface area contributed by atoms with Gasteiger partial charge < -0.3 is 14.0 Å². The number of hydrogen-bond acceptors (Lipinski definition) is 7. The minimum Gasteiger partial charge on any atom is -0.493 e. The van der Waals surface area contributed by atoms with Gasteiger partial charge in [0.15, 0.2) is 11.5 Å². The van der Waals surface area contributed by atoms with Crippen LogP contribution in [0.3, 0.4) is 0 Å². The number of aromatic nitrogens is 2. The quantitative estimate of drug-likeness (QED) is 0.545. The van der Waals surface area contributed by atoms with Crippen LogP contribution in [0.2, 0.25) is 5.02 Å². The molecule has 1 aromatic heterocycles. The average molecular weight is 464 g/mol. The molecule has 1 aliphatic rings. The second-order valence-corrected chi connectivity index (χ2v) is 9.53. The van der Waals surface area contributed by atoms with E-state index in [0.29, 0.717) is 46.8 Å². The Kier molecular flexibility index (Phi) is 6.17. The number of methoxy groups -OCH3 is 2. The number of piperidine rings is 1. The van der Waals surface area contributed by atoms with Crippen LogP contribution >= 0.6 is 11.6 Å². The predicted octanol–water partition coefficient (Wildman–Crippen LogP) is 3.98. The Labute approximate surface area is 185 Å². The summed E-state index contributed by atoms with van der Waals surface area (Å²) in [6.45, 7) is 0.702. The third-order valence-electron chi connectivity index (χ3n) is 5.27. The number of ether oxygens (including phenoxy) is 2. The highest BCUT2D eigenvalue weighted by Gasteiger charge is 2.33. The zero-order valence-corrected chi connectivity index (χ0v) is 18.7. The Morgan fingerprint density at radius 1 is 1.13 bits per heavy atom. The van der Waals surface area contributed by atoms with Gasteiger partial charge in [-0.1, -0.05) is 22.8 Å². The standard InChI is InChI=1S/C21H22ClN3O5S/c1-28-18-7-3-6-17(19(18)29-2)20-23-21(30-24-20)14-5-4-12-25(13-14)31(26,27)16-10-8-15(22)9-11-16/h3,6-11,14H,4-5,12-13H2,1-2H3/t14-/m0/s1. The molecule has 0 N–H and O–H groups in total. The average Bonchev–Trinajstić information content (AvgIpc) is 3.29. The van der Waals surface area contributed by atoms with Crippen LogP contribution in [0.4, 0.5) is 0 Å². The molecule has 1 saturated heterocycles. The van der Waals surface area contributed by atoms with E-state index in [1.165, 1.54) is 16.4 Å². The molecule has 2 aromatic carbocycles. The first-order valence-electron chi connectivity index (χ1n) is 9.74. The zero-order valence-electron chi connectivity index (χ0n) is 17.1. The van der Waals surface area contributed by atoms with E-state index >= 15 is 0 Å². The molecule has 0 aliphatic carbocycles. The van der Waals surface area contributed by atoms with Crippen LogP contribution in [0.25, 0.3) is 11.4 Å². The van der Waals surface area contributed by atoms with Crippen LogP contribution < -0.4 is 9.47 Å². The maximum absolute atomic E-state index is 13.0. The Bertz CT molecular complexity index is 1160. The molecule has 3 aromatic rings. The van der Waals surface area contributed by atoms with Crippen molar-refractivity contribution in [1.82, 2.24) is 14.4 Å². The Balaban J connectivity index is 1.58. The van der Waals surface area contributed by atoms with Gasteiger partial charge in [0.1, 0.15) is 0 Å². The molecule has 1 fully saturated rings. The fourth-order valence-corrected chi connectivity index (χ4v) is 5.34. The molecule has 31 heavy (non-hydrogen) atoms. The maximum Gasteiger partial charge on any atom is 0.243 e. The van der Waals surface area contributed by atoms with Gasteiger partial charge >= 0.3 is 0 Å². The number of nitrogens with zero attached hydrogens (tertiary/aromatic N) is 3. The van der Waals surface area contributed by atoms with Gasteiger partial charge in [-0.15, -0.1) is 0 Å². The number of sulfonamides is 1. The molecule has 2 heterocycles. The summed E-state index contributed by atoms with van der Waals surface area (Å²) in [6.07, 6.45) is 1.45. The van der Waals surface area contributed by atoms with Crippen molar-refractivity contribution in [3.63, 3.8) is 0 Å². The number of hydrogen-bond donors (Lipinski definition) is 0. The largest absolute Gasteiger partial charge is 0.493 e. The molecule has 0 saturated carbocycles. The molecule has 164 valence electrons. The van der Waals surface area contributed by atoms with E-state index in [1.807, 2.05) is 12.1 Å². The highest BCUT2D eigenvalue weighted by Crippen LogP contribution is 2.37. The summed E-state index contributed by atoms with van der Waals surface area (Å²) < 4.78 is 43.8. The van der Waals surface area contributed by atoms with Gasteiger partial charge in [0.25, 0.3) is 0 Å². The number of rotatable bonds is 6. The molecule has 0 bridgehead atoms. The smallest absolute Gasteiger partial charge is 0.243 e. The molecule has 0 spiro atoms. The minimum absolute atomic E-state index is 0.200. The summed E-state index contributed by atoms with van der Waals surface area (Å²) in [5.74, 6) is 1.63. The topological polar surface area (TPSA) is 94.8 Å². The van der Waals surface area contributed by atoms with E-state index in [2.05, 4.69) is 10.1 Å². The molecule has 0 unspecified atom stereocenters. The third kappa shape index (κ3) is 4.26. The van der Waals surface area contributed by atoms with Crippen LogP contribution in [-0.4, -0.2) is 50.2 Å². The summed E-state index contributed by atoms with van der Waals surface area (Å²) in [5, 5.41) is 4.58. The first-order chi connectivity index (χ1) is 14.9. The summed E-state index contributed by atoms with van der Waals surface area (Å²) in [6, 6.07) is 11.6. The second-order valence-electron chi connectivity index (χ2n) is 7.15. The molecule has 10 heteroatoms. The van der Waals surface area contributed by atoms with E-state index in [1.54, 1.807) is 32.4 Å². The molecule has 8 nitrogen and oxygen atoms in total. The van der Waals surface area contributed by atoms with Crippen molar-refractivity contribution in [1.29, 1.82) is 0 Å². The van der Waals surface area contributed by atoms with Gasteiger partial charge in [-0.05, 0) is 49.2 Å². The first kappa shape index (κ1) is 21.6. The number of benzene rings is 2. The minimum atomic E-state index is -3.64. The van der Waals surface area contributed by atoms with Crippen molar-refractivity contribution in [3.8, 4) is 22.9 Å². The van der Waals surface area contributed by atoms with Gasteiger partial charge in [0.2, 0.25) is 21.7 Å². The lowest BCUT2D eigenvalue weighted by molar-refractivity contribution is 0.265. The SMILES string of the molecule is COc1cccc(-c2noc([C@H]3CCCN(S(=O)(=O)c4ccc(Cl)cc4)C3)n2)c1OC. The van der Waals surface area contributed by atoms with Crippen LogP contribution in [0.15, 0.2) is 51.9 Å². The Morgan fingerprint density at radius 3 is 2.61 bits per heavy atom. The molecule has 0 radical (unpaired) electrons. The molecule has 1 aliphatic heterocycles. The van der Waals surface area contributed by atoms with Crippen molar-refractivity contribution in [2.75, 3.05) is 27.3 Å². The maximum atomic E-state index is 13.0. The van der Waals surface area contributed by atoms with E-state index in [9.17, 15) is 8.42 Å². The van der Waals surface area contributed by atoms with Crippen molar-refractivity contribution in [2.24, 2.45) is 0 Å². The van der Waals surface area contributed by atoms with Gasteiger partial charge in [0.05, 0.1) is 30.6 Å². The van der Waals surface area contributed by atoms with E-state index < -0.39 is 10.0 Å². The Hall–Kier alpha value is -2.62. The van der Waals surface area contributed by atoms with Gasteiger partial charge in [0, 0.05) is 18.1 Å². The highest BCUT2D eigenvalue weighted by molar-refractivity contribution is 7.89. The second kappa shape index (κ2) is 8.86. The monoisotopic (exact) mass is 463 g/mol. The molecular formula is C21H22ClN3O5S. The first-order valence-corrected chi connectivity index (χ1v) is 11.6. The normalized spacial score (nSPS) is 17.5. The van der Waals surface area contributed by atoms with E-state index in [-0.39, 0.29) is 17.4 Å². The third-order valence-corrected chi connectivity index (χ3v) is 7.40. The number of halogens is 1. The summed E-state index contributed by atoms with van der Waals surface area (Å²) in [4.78, 5) is 4.75. The van der Waals surface area contributed by atoms with Crippen molar-refractivity contribution >= 4 is 21.6 Å². The van der Waals surface area contributed by atoms with Crippen molar-refractivity contribution in [3.05, 3.63) is 53.4 Å². The van der Waals surface area contributed by atoms with Crippen LogP contribution in [0.1, 0.15) is 24.7 Å². The summed E-state index contributed by atoms with van der Waals surface area (Å²) in [5.41, 5.74) is 0.637. The van der Waals surface area contributed by atoms with Gasteiger partial charge in [-0.25, -0.2) is 8.42 Å². The summed E-state index contributed by atoms with van der Waals surface area (Å²) in [7, 11) is -0.535. The van der Waals surface area contributed by atoms with E-state index in [0.717, 1.165) is 6.42 Å². The molecule has 1 atom stereocenters. The zero-order chi connectivity index (χ0) is 22.0. The van der Waals surface area contributed by atoms with Crippen LogP contribution in [-0.2, 0) is 10.0 Å². The summed E-state index contributed by atoms with van der Waals surface area (Å²) >= 11 is 5.89. The fourth-order valence-electron chi connectivity index (χ4n) is 3.69. The lowest BCUT2D eigenvalue weighted by Crippen LogP contribution is -2.39. The van der Waals surface area contributed by atoms with Gasteiger partial charge in [-0.3, -0.25) is 0 Å². The van der Waals surface area contributed by atoms with Crippen molar-refractivity contribution < 1.29 is 22.4 Å². The lowest BCUT2D eigenvalue weighted by Gasteiger charge is -2.30. The molecule has 4 rings (SSSR count). The Morgan fingerprint density at radius 2 is 1.90 bits per heavy atom. The molecular weight excluding hydrogens is 442 g/mol. The number of para-hydroxylation sites is 1. The lowest BCUT2D eigenvalue weighted by atomic mass is 10.00. The van der Waals surface area contributed by atoms with Crippen molar-refractivity contribution in [2.45, 2.75) is 23.7 Å². The molecule has 0 amide bonds. The van der Waals surface area contributed by atoms with Crippen LogP contribution in [0, 0.1) is 0 Å².